The second-order valence-corrected chi connectivity index (χ2v) is 8.05. The van der Waals surface area contributed by atoms with Crippen molar-refractivity contribution in [1.82, 2.24) is 9.38 Å². The largest absolute Gasteiger partial charge is 0.376 e. The molecule has 1 unspecified atom stereocenters. The lowest BCUT2D eigenvalue weighted by atomic mass is 10.1. The van der Waals surface area contributed by atoms with E-state index in [0.29, 0.717) is 10.9 Å². The maximum atomic E-state index is 12.5. The van der Waals surface area contributed by atoms with Gasteiger partial charge in [-0.15, -0.1) is 11.8 Å². The van der Waals surface area contributed by atoms with Crippen LogP contribution in [0.2, 0.25) is 0 Å². The number of pyridine rings is 1. The summed E-state index contributed by atoms with van der Waals surface area (Å²) in [5.74, 6) is -0.0238. The molecule has 0 spiro atoms. The van der Waals surface area contributed by atoms with Gasteiger partial charge in [-0.2, -0.15) is 0 Å². The lowest BCUT2D eigenvalue weighted by Gasteiger charge is -2.16. The second kappa shape index (κ2) is 7.79. The van der Waals surface area contributed by atoms with Crippen LogP contribution in [-0.2, 0) is 0 Å². The zero-order valence-electron chi connectivity index (χ0n) is 15.2. The molecule has 0 aliphatic carbocycles. The third-order valence-electron chi connectivity index (χ3n) is 4.00. The molecule has 2 aromatic heterocycles. The second-order valence-electron chi connectivity index (χ2n) is 6.40. The van der Waals surface area contributed by atoms with Gasteiger partial charge in [0.15, 0.2) is 0 Å². The SMILES string of the molecule is CC(C)Sc1ccc(C(C)Nc2nc3ccccn3c(=O)c2[N+](=O)[O-])cc1. The molecule has 3 aromatic rings. The number of hydrogen-bond acceptors (Lipinski definition) is 6. The summed E-state index contributed by atoms with van der Waals surface area (Å²) in [6.07, 6.45) is 1.47. The minimum Gasteiger partial charge on any atom is -0.358 e. The lowest BCUT2D eigenvalue weighted by molar-refractivity contribution is -0.385. The quantitative estimate of drug-likeness (QED) is 0.388. The number of fused-ring (bicyclic) bond motifs is 1. The van der Waals surface area contributed by atoms with E-state index >= 15 is 0 Å². The maximum Gasteiger partial charge on any atom is 0.376 e. The monoisotopic (exact) mass is 384 g/mol. The zero-order valence-corrected chi connectivity index (χ0v) is 16.1. The molecule has 0 saturated heterocycles. The van der Waals surface area contributed by atoms with Crippen LogP contribution in [0.4, 0.5) is 11.5 Å². The number of anilines is 1. The first-order valence-corrected chi connectivity index (χ1v) is 9.43. The molecule has 0 saturated carbocycles. The predicted molar refractivity (Wildman–Crippen MR) is 108 cm³/mol. The molecule has 0 fully saturated rings. The van der Waals surface area contributed by atoms with Crippen LogP contribution in [0.5, 0.6) is 0 Å². The highest BCUT2D eigenvalue weighted by Gasteiger charge is 2.24. The number of nitro groups is 1. The number of rotatable bonds is 6. The molecule has 140 valence electrons. The smallest absolute Gasteiger partial charge is 0.358 e. The van der Waals surface area contributed by atoms with Gasteiger partial charge in [0.1, 0.15) is 5.65 Å². The summed E-state index contributed by atoms with van der Waals surface area (Å²) in [4.78, 5) is 28.7. The molecule has 0 amide bonds. The minimum absolute atomic E-state index is 0.0238. The van der Waals surface area contributed by atoms with Gasteiger partial charge in [-0.05, 0) is 36.8 Å². The Bertz CT molecular complexity index is 1030. The number of nitrogens with one attached hydrogen (secondary N) is 1. The highest BCUT2D eigenvalue weighted by Crippen LogP contribution is 2.27. The van der Waals surface area contributed by atoms with Crippen LogP contribution in [0.25, 0.3) is 5.65 Å². The van der Waals surface area contributed by atoms with Gasteiger partial charge < -0.3 is 5.32 Å². The van der Waals surface area contributed by atoms with Gasteiger partial charge >= 0.3 is 11.2 Å². The average molecular weight is 384 g/mol. The Hall–Kier alpha value is -2.87. The zero-order chi connectivity index (χ0) is 19.6. The molecule has 3 rings (SSSR count). The van der Waals surface area contributed by atoms with E-state index in [9.17, 15) is 14.9 Å². The van der Waals surface area contributed by atoms with Crippen LogP contribution < -0.4 is 10.9 Å². The van der Waals surface area contributed by atoms with E-state index in [1.807, 2.05) is 31.2 Å². The molecule has 1 atom stereocenters. The summed E-state index contributed by atoms with van der Waals surface area (Å²) >= 11 is 1.77. The highest BCUT2D eigenvalue weighted by atomic mass is 32.2. The summed E-state index contributed by atoms with van der Waals surface area (Å²) in [6, 6.07) is 12.7. The molecule has 8 heteroatoms. The maximum absolute atomic E-state index is 12.5. The number of thioether (sulfide) groups is 1. The summed E-state index contributed by atoms with van der Waals surface area (Å²) in [6.45, 7) is 6.14. The van der Waals surface area contributed by atoms with E-state index in [4.69, 9.17) is 0 Å². The van der Waals surface area contributed by atoms with Crippen molar-refractivity contribution in [1.29, 1.82) is 0 Å². The van der Waals surface area contributed by atoms with Gasteiger partial charge in [-0.25, -0.2) is 4.98 Å². The van der Waals surface area contributed by atoms with Gasteiger partial charge in [-0.1, -0.05) is 32.0 Å². The first-order valence-electron chi connectivity index (χ1n) is 8.55. The Balaban J connectivity index is 1.94. The first-order chi connectivity index (χ1) is 12.9. The molecule has 27 heavy (non-hydrogen) atoms. The van der Waals surface area contributed by atoms with E-state index in [1.165, 1.54) is 10.6 Å². The van der Waals surface area contributed by atoms with Crippen molar-refractivity contribution < 1.29 is 4.92 Å². The Labute approximate surface area is 160 Å². The van der Waals surface area contributed by atoms with Crippen molar-refractivity contribution in [3.63, 3.8) is 0 Å². The van der Waals surface area contributed by atoms with Crippen LogP contribution in [-0.4, -0.2) is 19.6 Å². The van der Waals surface area contributed by atoms with Crippen LogP contribution in [0.3, 0.4) is 0 Å². The van der Waals surface area contributed by atoms with Gasteiger partial charge in [0.25, 0.3) is 0 Å². The molecule has 0 aliphatic heterocycles. The van der Waals surface area contributed by atoms with Crippen LogP contribution in [0.1, 0.15) is 32.4 Å². The molecule has 1 aromatic carbocycles. The number of nitrogens with zero attached hydrogens (tertiary/aromatic N) is 3. The van der Waals surface area contributed by atoms with E-state index in [0.717, 1.165) is 10.5 Å². The minimum atomic E-state index is -0.705. The standard InChI is InChI=1S/C19H20N4O3S/c1-12(2)27-15-9-7-14(8-10-15)13(3)20-18-17(23(25)26)19(24)22-11-5-4-6-16(22)21-18/h4-13,20H,1-3H3. The van der Waals surface area contributed by atoms with E-state index in [1.54, 1.807) is 30.0 Å². The lowest BCUT2D eigenvalue weighted by Crippen LogP contribution is -2.22. The van der Waals surface area contributed by atoms with Crippen molar-refractivity contribution in [2.75, 3.05) is 5.32 Å². The highest BCUT2D eigenvalue weighted by molar-refractivity contribution is 7.99. The molecule has 0 bridgehead atoms. The summed E-state index contributed by atoms with van der Waals surface area (Å²) in [5, 5.41) is 15.0. The number of hydrogen-bond donors (Lipinski definition) is 1. The molecular weight excluding hydrogens is 364 g/mol. The van der Waals surface area contributed by atoms with Gasteiger partial charge in [0.2, 0.25) is 5.82 Å². The van der Waals surface area contributed by atoms with Crippen molar-refractivity contribution in [3.05, 3.63) is 74.7 Å². The Morgan fingerprint density at radius 2 is 1.85 bits per heavy atom. The molecule has 0 aliphatic rings. The van der Waals surface area contributed by atoms with Crippen molar-refractivity contribution in [2.45, 2.75) is 37.0 Å². The third kappa shape index (κ3) is 4.11. The predicted octanol–water partition coefficient (Wildman–Crippen LogP) is 4.28. The Morgan fingerprint density at radius 1 is 1.15 bits per heavy atom. The number of benzene rings is 1. The fourth-order valence-electron chi connectivity index (χ4n) is 2.74. The summed E-state index contributed by atoms with van der Waals surface area (Å²) < 4.78 is 1.17. The van der Waals surface area contributed by atoms with Crippen LogP contribution in [0.15, 0.2) is 58.4 Å². The molecular formula is C19H20N4O3S. The van der Waals surface area contributed by atoms with Crippen LogP contribution >= 0.6 is 11.8 Å². The van der Waals surface area contributed by atoms with Crippen molar-refractivity contribution in [3.8, 4) is 0 Å². The fraction of sp³-hybridized carbons (Fsp3) is 0.263. The Morgan fingerprint density at radius 3 is 2.48 bits per heavy atom. The molecule has 0 radical (unpaired) electrons. The van der Waals surface area contributed by atoms with Crippen molar-refractivity contribution >= 4 is 28.9 Å². The van der Waals surface area contributed by atoms with Gasteiger partial charge in [0, 0.05) is 16.3 Å². The summed E-state index contributed by atoms with van der Waals surface area (Å²) in [7, 11) is 0. The van der Waals surface area contributed by atoms with E-state index in [2.05, 4.69) is 24.1 Å². The van der Waals surface area contributed by atoms with E-state index < -0.39 is 16.2 Å². The van der Waals surface area contributed by atoms with Gasteiger partial charge in [0.05, 0.1) is 11.0 Å². The van der Waals surface area contributed by atoms with Crippen LogP contribution in [0, 0.1) is 10.1 Å². The topological polar surface area (TPSA) is 89.5 Å². The fourth-order valence-corrected chi connectivity index (χ4v) is 3.58. The van der Waals surface area contributed by atoms with E-state index in [-0.39, 0.29) is 11.9 Å². The third-order valence-corrected chi connectivity index (χ3v) is 5.01. The molecule has 1 N–H and O–H groups in total. The van der Waals surface area contributed by atoms with Gasteiger partial charge in [-0.3, -0.25) is 19.3 Å². The average Bonchev–Trinajstić information content (AvgIpc) is 2.61. The molecule has 2 heterocycles. The van der Waals surface area contributed by atoms with Crippen molar-refractivity contribution in [2.24, 2.45) is 0 Å². The molecule has 7 nitrogen and oxygen atoms in total. The summed E-state index contributed by atoms with van der Waals surface area (Å²) in [5.41, 5.74) is 0.0421. The Kier molecular flexibility index (Phi) is 5.46. The normalized spacial score (nSPS) is 12.3. The first kappa shape index (κ1) is 18.9. The number of aromatic nitrogens is 2.